The average Bonchev–Trinajstić information content (AvgIpc) is 3.27. The van der Waals surface area contributed by atoms with Crippen molar-refractivity contribution in [1.29, 1.82) is 0 Å². The number of benzene rings is 2. The molecule has 110 valence electrons. The lowest BCUT2D eigenvalue weighted by atomic mass is 10.0. The second-order valence-electron chi connectivity index (χ2n) is 5.33. The Morgan fingerprint density at radius 1 is 1.24 bits per heavy atom. The van der Waals surface area contributed by atoms with E-state index in [4.69, 9.17) is 16.3 Å². The van der Waals surface area contributed by atoms with E-state index in [1.165, 1.54) is 12.0 Å². The van der Waals surface area contributed by atoms with Crippen LogP contribution in [0.2, 0.25) is 5.02 Å². The first-order valence-electron chi connectivity index (χ1n) is 6.83. The molecule has 1 fully saturated rings. The van der Waals surface area contributed by atoms with E-state index in [-0.39, 0.29) is 4.83 Å². The van der Waals surface area contributed by atoms with Crippen LogP contribution < -0.4 is 4.74 Å². The van der Waals surface area contributed by atoms with Gasteiger partial charge in [-0.3, -0.25) is 0 Å². The maximum absolute atomic E-state index is 6.20. The molecule has 3 atom stereocenters. The number of halogens is 3. The molecule has 0 amide bonds. The first-order valence-corrected chi connectivity index (χ1v) is 8.92. The van der Waals surface area contributed by atoms with E-state index in [9.17, 15) is 0 Å². The van der Waals surface area contributed by atoms with Crippen molar-refractivity contribution in [1.82, 2.24) is 0 Å². The van der Waals surface area contributed by atoms with Gasteiger partial charge in [0.2, 0.25) is 0 Å². The standard InChI is InChI=1S/C17H15Br2ClO/c1-21-17-14(7-11(20)8-15(17)18)16(19)13-9-12(13)10-5-3-2-4-6-10/h2-8,12-13,16H,9H2,1H3. The van der Waals surface area contributed by atoms with Crippen molar-refractivity contribution in [3.8, 4) is 5.75 Å². The van der Waals surface area contributed by atoms with Gasteiger partial charge in [0.15, 0.2) is 0 Å². The molecule has 0 radical (unpaired) electrons. The smallest absolute Gasteiger partial charge is 0.137 e. The molecule has 0 N–H and O–H groups in total. The zero-order chi connectivity index (χ0) is 15.0. The van der Waals surface area contributed by atoms with E-state index in [0.717, 1.165) is 20.8 Å². The van der Waals surface area contributed by atoms with Crippen LogP contribution in [-0.4, -0.2) is 7.11 Å². The second kappa shape index (κ2) is 6.31. The van der Waals surface area contributed by atoms with Gasteiger partial charge in [0.1, 0.15) is 5.75 Å². The van der Waals surface area contributed by atoms with Gasteiger partial charge in [0, 0.05) is 15.4 Å². The number of alkyl halides is 1. The second-order valence-corrected chi connectivity index (χ2v) is 7.61. The van der Waals surface area contributed by atoms with Gasteiger partial charge in [0.05, 0.1) is 11.6 Å². The lowest BCUT2D eigenvalue weighted by Crippen LogP contribution is -1.99. The van der Waals surface area contributed by atoms with Gasteiger partial charge in [-0.2, -0.15) is 0 Å². The molecule has 0 heterocycles. The van der Waals surface area contributed by atoms with E-state index in [2.05, 4.69) is 62.2 Å². The first-order chi connectivity index (χ1) is 10.1. The van der Waals surface area contributed by atoms with E-state index in [0.29, 0.717) is 11.8 Å². The zero-order valence-corrected chi connectivity index (χ0v) is 15.5. The predicted octanol–water partition coefficient (Wildman–Crippen LogP) is 6.35. The van der Waals surface area contributed by atoms with Crippen LogP contribution in [0.4, 0.5) is 0 Å². The summed E-state index contributed by atoms with van der Waals surface area (Å²) in [4.78, 5) is 0.243. The number of methoxy groups -OCH3 is 1. The summed E-state index contributed by atoms with van der Waals surface area (Å²) in [6.07, 6.45) is 1.19. The molecule has 1 saturated carbocycles. The summed E-state index contributed by atoms with van der Waals surface area (Å²) < 4.78 is 6.43. The van der Waals surface area contributed by atoms with Gasteiger partial charge in [0.25, 0.3) is 0 Å². The molecule has 3 rings (SSSR count). The topological polar surface area (TPSA) is 9.23 Å². The normalized spacial score (nSPS) is 21.9. The van der Waals surface area contributed by atoms with Crippen LogP contribution in [0.3, 0.4) is 0 Å². The highest BCUT2D eigenvalue weighted by molar-refractivity contribution is 9.10. The van der Waals surface area contributed by atoms with Crippen LogP contribution in [0.1, 0.15) is 28.3 Å². The Balaban J connectivity index is 1.86. The van der Waals surface area contributed by atoms with Crippen LogP contribution in [-0.2, 0) is 0 Å². The summed E-state index contributed by atoms with van der Waals surface area (Å²) in [6, 6.07) is 14.5. The minimum Gasteiger partial charge on any atom is -0.495 e. The van der Waals surface area contributed by atoms with Crippen LogP contribution in [0.25, 0.3) is 0 Å². The molecule has 0 saturated heterocycles. The summed E-state index contributed by atoms with van der Waals surface area (Å²) in [7, 11) is 1.69. The van der Waals surface area contributed by atoms with Crippen molar-refractivity contribution >= 4 is 43.5 Å². The molecule has 0 aromatic heterocycles. The van der Waals surface area contributed by atoms with E-state index in [1.807, 2.05) is 12.1 Å². The van der Waals surface area contributed by atoms with Gasteiger partial charge in [-0.15, -0.1) is 0 Å². The molecule has 1 nitrogen and oxygen atoms in total. The number of ether oxygens (including phenoxy) is 1. The highest BCUT2D eigenvalue weighted by Gasteiger charge is 2.44. The number of hydrogen-bond donors (Lipinski definition) is 0. The van der Waals surface area contributed by atoms with Crippen molar-refractivity contribution in [2.75, 3.05) is 7.11 Å². The molecule has 3 unspecified atom stereocenters. The molecule has 21 heavy (non-hydrogen) atoms. The Labute approximate surface area is 146 Å². The summed E-state index contributed by atoms with van der Waals surface area (Å²) in [5, 5.41) is 0.721. The molecule has 0 aliphatic heterocycles. The minimum absolute atomic E-state index is 0.243. The zero-order valence-electron chi connectivity index (χ0n) is 11.5. The largest absolute Gasteiger partial charge is 0.495 e. The van der Waals surface area contributed by atoms with Crippen molar-refractivity contribution in [3.63, 3.8) is 0 Å². The molecular weight excluding hydrogens is 415 g/mol. The average molecular weight is 431 g/mol. The van der Waals surface area contributed by atoms with E-state index < -0.39 is 0 Å². The monoisotopic (exact) mass is 428 g/mol. The summed E-state index contributed by atoms with van der Waals surface area (Å²) in [5.74, 6) is 2.05. The van der Waals surface area contributed by atoms with Gasteiger partial charge in [-0.25, -0.2) is 0 Å². The molecule has 4 heteroatoms. The third-order valence-corrected chi connectivity index (χ3v) is 5.96. The lowest BCUT2D eigenvalue weighted by Gasteiger charge is -2.16. The summed E-state index contributed by atoms with van der Waals surface area (Å²) >= 11 is 13.6. The maximum atomic E-state index is 6.20. The maximum Gasteiger partial charge on any atom is 0.137 e. The minimum atomic E-state index is 0.243. The van der Waals surface area contributed by atoms with Gasteiger partial charge in [-0.05, 0) is 51.9 Å². The summed E-state index contributed by atoms with van der Waals surface area (Å²) in [5.41, 5.74) is 2.52. The molecular formula is C17H15Br2ClO. The summed E-state index contributed by atoms with van der Waals surface area (Å²) in [6.45, 7) is 0. The van der Waals surface area contributed by atoms with Crippen molar-refractivity contribution in [2.45, 2.75) is 17.2 Å². The number of hydrogen-bond acceptors (Lipinski definition) is 1. The van der Waals surface area contributed by atoms with Crippen LogP contribution in [0, 0.1) is 5.92 Å². The van der Waals surface area contributed by atoms with E-state index in [1.54, 1.807) is 7.11 Å². The Bertz CT molecular complexity index is 645. The molecule has 0 bridgehead atoms. The third kappa shape index (κ3) is 3.15. The van der Waals surface area contributed by atoms with Gasteiger partial charge in [-0.1, -0.05) is 57.9 Å². The fraction of sp³-hybridized carbons (Fsp3) is 0.294. The Hall–Kier alpha value is -0.510. The Morgan fingerprint density at radius 2 is 1.95 bits per heavy atom. The Kier molecular flexibility index (Phi) is 4.63. The van der Waals surface area contributed by atoms with Crippen LogP contribution in [0.15, 0.2) is 46.9 Å². The predicted molar refractivity (Wildman–Crippen MR) is 94.7 cm³/mol. The number of rotatable bonds is 4. The van der Waals surface area contributed by atoms with Crippen molar-refractivity contribution < 1.29 is 4.74 Å². The van der Waals surface area contributed by atoms with Crippen LogP contribution in [0.5, 0.6) is 5.75 Å². The first kappa shape index (κ1) is 15.4. The van der Waals surface area contributed by atoms with Crippen molar-refractivity contribution in [2.24, 2.45) is 5.92 Å². The lowest BCUT2D eigenvalue weighted by molar-refractivity contribution is 0.405. The molecule has 2 aromatic carbocycles. The van der Waals surface area contributed by atoms with Crippen LogP contribution >= 0.6 is 43.5 Å². The fourth-order valence-electron chi connectivity index (χ4n) is 2.85. The molecule has 1 aliphatic carbocycles. The van der Waals surface area contributed by atoms with Gasteiger partial charge < -0.3 is 4.74 Å². The Morgan fingerprint density at radius 3 is 2.62 bits per heavy atom. The van der Waals surface area contributed by atoms with E-state index >= 15 is 0 Å². The molecule has 2 aromatic rings. The van der Waals surface area contributed by atoms with Gasteiger partial charge >= 0.3 is 0 Å². The molecule has 1 aliphatic rings. The third-order valence-electron chi connectivity index (χ3n) is 3.98. The fourth-order valence-corrected chi connectivity index (χ4v) is 4.77. The van der Waals surface area contributed by atoms with Crippen molar-refractivity contribution in [3.05, 3.63) is 63.1 Å². The highest BCUT2D eigenvalue weighted by atomic mass is 79.9. The highest BCUT2D eigenvalue weighted by Crippen LogP contribution is 2.58. The quantitative estimate of drug-likeness (QED) is 0.514. The SMILES string of the molecule is COc1c(Br)cc(Cl)cc1C(Br)C1CC1c1ccccc1. The molecule has 0 spiro atoms.